The van der Waals surface area contributed by atoms with Crippen LogP contribution in [0.2, 0.25) is 0 Å². The number of nitrogens with zero attached hydrogens (tertiary/aromatic N) is 2. The van der Waals surface area contributed by atoms with Crippen LogP contribution in [0.1, 0.15) is 166 Å². The monoisotopic (exact) mass is 869 g/mol. The summed E-state index contributed by atoms with van der Waals surface area (Å²) in [5.41, 5.74) is 25.8. The molecule has 5 aliphatic rings. The zero-order chi connectivity index (χ0) is 46.4. The Hall–Kier alpha value is -5.22. The molecule has 0 fully saturated rings. The standard InChI is InChI=1S/C62H69BN2O/c1-36-29-41-40-33-45-47(62(13,14)28-26-60(45,9)10)35-50(40)65(38-19-20-42-44(32-38)59(7,8)24-23-57(42,3)4)63-48-21-22-53-54(39-17-15-16-18-52(39)66-53)56(48)64(51(30-36)55(41)63)49-34-46-43(31-37(49)2)58(5,6)25-27-61(46,11)12/h15-22,29-35H,23-28H2,1-14H3. The Labute approximate surface area is 395 Å². The van der Waals surface area contributed by atoms with E-state index in [0.717, 1.165) is 11.2 Å². The number of hydrogen-bond acceptors (Lipinski definition) is 3. The highest BCUT2D eigenvalue weighted by molar-refractivity contribution is 6.94. The number of furan rings is 1. The molecule has 66 heavy (non-hydrogen) atoms. The number of benzene rings is 6. The van der Waals surface area contributed by atoms with Crippen molar-refractivity contribution in [3.8, 4) is 11.1 Å². The van der Waals surface area contributed by atoms with Gasteiger partial charge in [0.1, 0.15) is 11.2 Å². The normalized spacial score (nSPS) is 20.8. The highest BCUT2D eigenvalue weighted by Gasteiger charge is 2.49. The van der Waals surface area contributed by atoms with Crippen LogP contribution in [0, 0.1) is 13.8 Å². The molecular weight excluding hydrogens is 800 g/mol. The van der Waals surface area contributed by atoms with E-state index in [1.54, 1.807) is 0 Å². The van der Waals surface area contributed by atoms with E-state index in [2.05, 4.69) is 198 Å². The molecule has 6 aromatic carbocycles. The summed E-state index contributed by atoms with van der Waals surface area (Å²) in [6.45, 7) is 34.2. The van der Waals surface area contributed by atoms with E-state index in [1.807, 2.05) is 0 Å². The molecule has 0 amide bonds. The molecule has 0 radical (unpaired) electrons. The highest BCUT2D eigenvalue weighted by atomic mass is 16.3. The Morgan fingerprint density at radius 2 is 1.02 bits per heavy atom. The Bertz CT molecular complexity index is 3260. The molecule has 0 bridgehead atoms. The van der Waals surface area contributed by atoms with Crippen molar-refractivity contribution in [3.63, 3.8) is 0 Å². The zero-order valence-electron chi connectivity index (χ0n) is 42.3. The van der Waals surface area contributed by atoms with Crippen LogP contribution in [0.5, 0.6) is 0 Å². The minimum atomic E-state index is -0.0868. The van der Waals surface area contributed by atoms with Crippen molar-refractivity contribution in [1.29, 1.82) is 0 Å². The van der Waals surface area contributed by atoms with Crippen LogP contribution in [-0.2, 0) is 32.5 Å². The smallest absolute Gasteiger partial charge is 0.333 e. The molecule has 0 N–H and O–H groups in total. The summed E-state index contributed by atoms with van der Waals surface area (Å²) >= 11 is 0. The summed E-state index contributed by atoms with van der Waals surface area (Å²) in [7, 11) is 0. The molecule has 7 aromatic rings. The lowest BCUT2D eigenvalue weighted by Crippen LogP contribution is -2.62. The molecule has 0 unspecified atom stereocenters. The molecule has 0 spiro atoms. The molecule has 3 nitrogen and oxygen atoms in total. The lowest BCUT2D eigenvalue weighted by atomic mass is 9.43. The van der Waals surface area contributed by atoms with Gasteiger partial charge in [0.2, 0.25) is 0 Å². The van der Waals surface area contributed by atoms with Crippen LogP contribution >= 0.6 is 0 Å². The summed E-state index contributed by atoms with van der Waals surface area (Å²) in [5.74, 6) is 0. The first-order valence-corrected chi connectivity index (χ1v) is 25.2. The second kappa shape index (κ2) is 13.3. The van der Waals surface area contributed by atoms with Crippen LogP contribution in [0.3, 0.4) is 0 Å². The topological polar surface area (TPSA) is 19.6 Å². The molecule has 3 heterocycles. The largest absolute Gasteiger partial charge is 0.456 e. The van der Waals surface area contributed by atoms with Crippen molar-refractivity contribution in [2.24, 2.45) is 0 Å². The third-order valence-electron chi connectivity index (χ3n) is 18.2. The van der Waals surface area contributed by atoms with Crippen molar-refractivity contribution in [3.05, 3.63) is 136 Å². The zero-order valence-corrected chi connectivity index (χ0v) is 42.3. The Balaban J connectivity index is 1.24. The third-order valence-corrected chi connectivity index (χ3v) is 18.2. The molecule has 0 saturated carbocycles. The number of rotatable bonds is 2. The fraction of sp³-hybridized carbons (Fsp3) is 0.419. The van der Waals surface area contributed by atoms with E-state index >= 15 is 0 Å². The fourth-order valence-electron chi connectivity index (χ4n) is 13.7. The molecule has 4 heteroatoms. The third kappa shape index (κ3) is 5.75. The molecule has 0 saturated heterocycles. The lowest BCUT2D eigenvalue weighted by Gasteiger charge is -2.49. The summed E-state index contributed by atoms with van der Waals surface area (Å²) in [5, 5.41) is 2.36. The number of hydrogen-bond donors (Lipinski definition) is 0. The van der Waals surface area contributed by atoms with E-state index in [4.69, 9.17) is 4.42 Å². The summed E-state index contributed by atoms with van der Waals surface area (Å²) in [6, 6.07) is 36.5. The molecular formula is C62H69BN2O. The van der Waals surface area contributed by atoms with Crippen LogP contribution in [0.25, 0.3) is 33.1 Å². The quantitative estimate of drug-likeness (QED) is 0.161. The van der Waals surface area contributed by atoms with Crippen LogP contribution < -0.4 is 20.6 Å². The maximum atomic E-state index is 6.84. The average Bonchev–Trinajstić information content (AvgIpc) is 3.64. The second-order valence-electron chi connectivity index (χ2n) is 25.5. The van der Waals surface area contributed by atoms with Gasteiger partial charge < -0.3 is 14.1 Å². The molecule has 336 valence electrons. The lowest BCUT2D eigenvalue weighted by molar-refractivity contribution is 0.332. The minimum absolute atomic E-state index is 0.0546. The second-order valence-corrected chi connectivity index (χ2v) is 25.5. The number of anilines is 5. The van der Waals surface area contributed by atoms with Gasteiger partial charge in [0.15, 0.2) is 0 Å². The van der Waals surface area contributed by atoms with Gasteiger partial charge in [0.25, 0.3) is 0 Å². The molecule has 0 atom stereocenters. The van der Waals surface area contributed by atoms with Gasteiger partial charge in [-0.2, -0.15) is 0 Å². The van der Waals surface area contributed by atoms with Crippen molar-refractivity contribution in [1.82, 2.24) is 0 Å². The first-order chi connectivity index (χ1) is 31.0. The van der Waals surface area contributed by atoms with Gasteiger partial charge in [-0.05, 0) is 194 Å². The molecule has 12 rings (SSSR count). The van der Waals surface area contributed by atoms with E-state index in [1.165, 1.54) is 144 Å². The van der Waals surface area contributed by atoms with Crippen molar-refractivity contribution in [2.75, 3.05) is 9.71 Å². The van der Waals surface area contributed by atoms with Crippen LogP contribution in [-0.4, -0.2) is 6.85 Å². The highest BCUT2D eigenvalue weighted by Crippen LogP contribution is 2.57. The predicted octanol–water partition coefficient (Wildman–Crippen LogP) is 16.0. The van der Waals surface area contributed by atoms with Gasteiger partial charge >= 0.3 is 6.85 Å². The first-order valence-electron chi connectivity index (χ1n) is 25.2. The van der Waals surface area contributed by atoms with Gasteiger partial charge in [-0.15, -0.1) is 0 Å². The van der Waals surface area contributed by atoms with Crippen molar-refractivity contribution >= 4 is 68.1 Å². The van der Waals surface area contributed by atoms with Gasteiger partial charge in [-0.3, -0.25) is 0 Å². The predicted molar refractivity (Wildman–Crippen MR) is 283 cm³/mol. The first kappa shape index (κ1) is 42.2. The number of para-hydroxylation sites is 1. The Morgan fingerprint density at radius 3 is 1.65 bits per heavy atom. The summed E-state index contributed by atoms with van der Waals surface area (Å²) < 4.78 is 6.84. The van der Waals surface area contributed by atoms with Crippen LogP contribution in [0.15, 0.2) is 95.4 Å². The molecule has 3 aliphatic carbocycles. The number of aryl methyl sites for hydroxylation is 2. The van der Waals surface area contributed by atoms with Crippen molar-refractivity contribution < 1.29 is 4.42 Å². The molecule has 1 aromatic heterocycles. The average molecular weight is 869 g/mol. The van der Waals surface area contributed by atoms with Gasteiger partial charge in [-0.25, -0.2) is 0 Å². The Kier molecular flexibility index (Phi) is 8.48. The van der Waals surface area contributed by atoms with Gasteiger partial charge in [0, 0.05) is 33.7 Å². The summed E-state index contributed by atoms with van der Waals surface area (Å²) in [6.07, 6.45) is 7.09. The van der Waals surface area contributed by atoms with Crippen molar-refractivity contribution in [2.45, 2.75) is 168 Å². The fourth-order valence-corrected chi connectivity index (χ4v) is 13.7. The minimum Gasteiger partial charge on any atom is -0.456 e. The maximum Gasteiger partial charge on any atom is 0.333 e. The molecule has 2 aliphatic heterocycles. The van der Waals surface area contributed by atoms with E-state index in [0.29, 0.717) is 0 Å². The SMILES string of the molecule is Cc1cc2c3c(c1)N(c1cc4c(cc1C)C(C)(C)CCC4(C)C)c1c(ccc4oc5ccccc5c14)B3N(c1ccc3c(c1)C(C)(C)CCC3(C)C)c1cc3c(cc1-2)C(C)(C)CCC3(C)C. The summed E-state index contributed by atoms with van der Waals surface area (Å²) in [4.78, 5) is 5.49. The van der Waals surface area contributed by atoms with Gasteiger partial charge in [0.05, 0.1) is 11.1 Å². The van der Waals surface area contributed by atoms with E-state index in [9.17, 15) is 0 Å². The van der Waals surface area contributed by atoms with E-state index in [-0.39, 0.29) is 39.3 Å². The number of fused-ring (bicyclic) bond motifs is 11. The Morgan fingerprint density at radius 1 is 0.470 bits per heavy atom. The maximum absolute atomic E-state index is 6.84. The van der Waals surface area contributed by atoms with Gasteiger partial charge in [-0.1, -0.05) is 126 Å². The van der Waals surface area contributed by atoms with E-state index < -0.39 is 0 Å². The van der Waals surface area contributed by atoms with Crippen LogP contribution in [0.4, 0.5) is 28.4 Å².